The summed E-state index contributed by atoms with van der Waals surface area (Å²) in [5.41, 5.74) is -1.01. The molecule has 216 valence electrons. The molecule has 4 aromatic rings. The van der Waals surface area contributed by atoms with E-state index in [4.69, 9.17) is 4.74 Å². The van der Waals surface area contributed by atoms with Crippen molar-refractivity contribution in [3.63, 3.8) is 0 Å². The molecule has 12 heteroatoms. The van der Waals surface area contributed by atoms with Crippen LogP contribution < -0.4 is 5.32 Å². The van der Waals surface area contributed by atoms with Crippen LogP contribution in [-0.2, 0) is 30.2 Å². The first kappa shape index (κ1) is 29.8. The van der Waals surface area contributed by atoms with Gasteiger partial charge in [0.25, 0.3) is 5.91 Å². The van der Waals surface area contributed by atoms with Crippen molar-refractivity contribution >= 4 is 5.91 Å². The lowest BCUT2D eigenvalue weighted by atomic mass is 9.92. The van der Waals surface area contributed by atoms with Crippen LogP contribution in [0.4, 0.5) is 26.3 Å². The average Bonchev–Trinajstić information content (AvgIpc) is 3.40. The lowest BCUT2D eigenvalue weighted by Gasteiger charge is -2.18. The van der Waals surface area contributed by atoms with Crippen LogP contribution in [0.3, 0.4) is 0 Å². The van der Waals surface area contributed by atoms with Crippen molar-refractivity contribution < 1.29 is 35.9 Å². The molecule has 6 nitrogen and oxygen atoms in total. The topological polar surface area (TPSA) is 69.0 Å². The first-order valence-electron chi connectivity index (χ1n) is 12.6. The molecule has 0 spiro atoms. The molecule has 0 atom stereocenters. The Morgan fingerprint density at radius 2 is 1.41 bits per heavy atom. The van der Waals surface area contributed by atoms with E-state index in [9.17, 15) is 31.1 Å². The number of carbonyl (C=O) groups is 1. The van der Waals surface area contributed by atoms with E-state index >= 15 is 0 Å². The smallest absolute Gasteiger partial charge is 0.374 e. The molecular formula is C29H26F6N4O2. The Labute approximate surface area is 232 Å². The number of benzene rings is 3. The van der Waals surface area contributed by atoms with E-state index in [0.717, 1.165) is 11.1 Å². The number of nitrogens with one attached hydrogen (secondary N) is 1. The summed E-state index contributed by atoms with van der Waals surface area (Å²) in [6.07, 6.45) is -8.08. The van der Waals surface area contributed by atoms with E-state index in [1.165, 1.54) is 4.68 Å². The van der Waals surface area contributed by atoms with Gasteiger partial charge in [0, 0.05) is 24.6 Å². The molecule has 3 aromatic carbocycles. The largest absolute Gasteiger partial charge is 0.416 e. The third-order valence-corrected chi connectivity index (χ3v) is 6.22. The maximum absolute atomic E-state index is 13.0. The second-order valence-electron chi connectivity index (χ2n) is 9.27. The number of amides is 1. The third-order valence-electron chi connectivity index (χ3n) is 6.22. The average molecular weight is 577 g/mol. The maximum atomic E-state index is 13.0. The number of aromatic nitrogens is 3. The summed E-state index contributed by atoms with van der Waals surface area (Å²) in [7, 11) is 0. The first-order chi connectivity index (χ1) is 19.5. The molecule has 0 aliphatic rings. The molecule has 0 aliphatic heterocycles. The number of alkyl halides is 6. The fourth-order valence-corrected chi connectivity index (χ4v) is 4.18. The minimum atomic E-state index is -5.03. The van der Waals surface area contributed by atoms with Crippen molar-refractivity contribution in [2.24, 2.45) is 0 Å². The Morgan fingerprint density at radius 1 is 0.854 bits per heavy atom. The number of rotatable bonds is 11. The molecule has 0 fully saturated rings. The van der Waals surface area contributed by atoms with E-state index in [1.807, 2.05) is 60.7 Å². The minimum absolute atomic E-state index is 0.00203. The summed E-state index contributed by atoms with van der Waals surface area (Å²) in [6.45, 7) is 0.931. The van der Waals surface area contributed by atoms with E-state index in [-0.39, 0.29) is 25.1 Å². The molecule has 1 N–H and O–H groups in total. The zero-order valence-corrected chi connectivity index (χ0v) is 21.6. The van der Waals surface area contributed by atoms with Gasteiger partial charge in [-0.1, -0.05) is 65.9 Å². The number of carbonyl (C=O) groups excluding carboxylic acids is 1. The highest BCUT2D eigenvalue weighted by molar-refractivity contribution is 5.94. The molecule has 1 amide bonds. The molecule has 0 unspecified atom stereocenters. The van der Waals surface area contributed by atoms with Gasteiger partial charge in [-0.15, -0.1) is 5.10 Å². The fraction of sp³-hybridized carbons (Fsp3) is 0.276. The number of hydrogen-bond acceptors (Lipinski definition) is 4. The van der Waals surface area contributed by atoms with Crippen LogP contribution in [0.15, 0.2) is 85.1 Å². The predicted octanol–water partition coefficient (Wildman–Crippen LogP) is 6.48. The second-order valence-corrected chi connectivity index (χ2v) is 9.27. The summed E-state index contributed by atoms with van der Waals surface area (Å²) in [4.78, 5) is 12.3. The van der Waals surface area contributed by atoms with Gasteiger partial charge in [0.2, 0.25) is 0 Å². The Morgan fingerprint density at radius 3 is 1.95 bits per heavy atom. The Hall–Kier alpha value is -4.19. The van der Waals surface area contributed by atoms with Gasteiger partial charge in [0.1, 0.15) is 5.69 Å². The van der Waals surface area contributed by atoms with Crippen LogP contribution >= 0.6 is 0 Å². The molecule has 1 aromatic heterocycles. The fourth-order valence-electron chi connectivity index (χ4n) is 4.18. The number of aryl methyl sites for hydroxylation is 1. The summed E-state index contributed by atoms with van der Waals surface area (Å²) in [5.74, 6) is -1.01. The van der Waals surface area contributed by atoms with Crippen LogP contribution in [0.25, 0.3) is 0 Å². The van der Waals surface area contributed by atoms with Gasteiger partial charge in [0.05, 0.1) is 30.5 Å². The van der Waals surface area contributed by atoms with Gasteiger partial charge in [-0.05, 0) is 35.7 Å². The van der Waals surface area contributed by atoms with Gasteiger partial charge in [-0.25, -0.2) is 0 Å². The molecule has 1 heterocycles. The highest BCUT2D eigenvalue weighted by atomic mass is 19.4. The summed E-state index contributed by atoms with van der Waals surface area (Å²) < 4.78 is 85.7. The Bertz CT molecular complexity index is 1350. The van der Waals surface area contributed by atoms with Gasteiger partial charge >= 0.3 is 12.4 Å². The van der Waals surface area contributed by atoms with Crippen LogP contribution in [0.5, 0.6) is 0 Å². The maximum Gasteiger partial charge on any atom is 0.416 e. The molecule has 0 saturated carbocycles. The molecule has 4 rings (SSSR count). The standard InChI is InChI=1S/C29H26F6N4O2/c30-28(31,32)23-14-22(15-24(16-23)29(33,34)35)27(40)36-12-7-13-39-17-25(37-38-39)18-41-19-26(20-8-3-1-4-9-20)21-10-5-2-6-11-21/h1-6,8-11,14-17,26H,7,12-13,18-19H2,(H,36,40). The molecular weight excluding hydrogens is 550 g/mol. The zero-order valence-electron chi connectivity index (χ0n) is 21.6. The Balaban J connectivity index is 1.27. The van der Waals surface area contributed by atoms with Gasteiger partial charge in [0.15, 0.2) is 0 Å². The summed E-state index contributed by atoms with van der Waals surface area (Å²) >= 11 is 0. The van der Waals surface area contributed by atoms with Crippen molar-refractivity contribution in [1.29, 1.82) is 0 Å². The second kappa shape index (κ2) is 13.0. The lowest BCUT2D eigenvalue weighted by Crippen LogP contribution is -2.26. The van der Waals surface area contributed by atoms with Crippen molar-refractivity contribution in [3.8, 4) is 0 Å². The molecule has 41 heavy (non-hydrogen) atoms. The van der Waals surface area contributed by atoms with E-state index in [1.54, 1.807) is 6.20 Å². The quantitative estimate of drug-likeness (QED) is 0.164. The normalized spacial score (nSPS) is 12.1. The number of halogens is 6. The third kappa shape index (κ3) is 8.40. The minimum Gasteiger partial charge on any atom is -0.374 e. The van der Waals surface area contributed by atoms with Crippen molar-refractivity contribution in [2.45, 2.75) is 37.8 Å². The van der Waals surface area contributed by atoms with Gasteiger partial charge < -0.3 is 10.1 Å². The van der Waals surface area contributed by atoms with Crippen molar-refractivity contribution in [2.75, 3.05) is 13.2 Å². The van der Waals surface area contributed by atoms with Crippen molar-refractivity contribution in [1.82, 2.24) is 20.3 Å². The lowest BCUT2D eigenvalue weighted by molar-refractivity contribution is -0.143. The van der Waals surface area contributed by atoms with Crippen LogP contribution in [0, 0.1) is 0 Å². The molecule has 0 aliphatic carbocycles. The SMILES string of the molecule is O=C(NCCCn1cc(COCC(c2ccccc2)c2ccccc2)nn1)c1cc(C(F)(F)F)cc(C(F)(F)F)c1. The molecule has 0 bridgehead atoms. The van der Waals surface area contributed by atoms with Gasteiger partial charge in [-0.3, -0.25) is 9.48 Å². The van der Waals surface area contributed by atoms with E-state index < -0.39 is 35.0 Å². The van der Waals surface area contributed by atoms with Crippen LogP contribution in [0.2, 0.25) is 0 Å². The van der Waals surface area contributed by atoms with E-state index in [2.05, 4.69) is 15.6 Å². The highest BCUT2D eigenvalue weighted by Crippen LogP contribution is 2.36. The van der Waals surface area contributed by atoms with Crippen LogP contribution in [-0.4, -0.2) is 34.1 Å². The molecule has 0 radical (unpaired) electrons. The molecule has 0 saturated heterocycles. The Kier molecular flexibility index (Phi) is 9.43. The zero-order chi connectivity index (χ0) is 29.5. The van der Waals surface area contributed by atoms with Gasteiger partial charge in [-0.2, -0.15) is 26.3 Å². The van der Waals surface area contributed by atoms with E-state index in [0.29, 0.717) is 37.4 Å². The number of hydrogen-bond donors (Lipinski definition) is 1. The van der Waals surface area contributed by atoms with Crippen LogP contribution in [0.1, 0.15) is 50.6 Å². The monoisotopic (exact) mass is 576 g/mol. The first-order valence-corrected chi connectivity index (χ1v) is 12.6. The van der Waals surface area contributed by atoms with Crippen molar-refractivity contribution in [3.05, 3.63) is 119 Å². The number of ether oxygens (including phenoxy) is 1. The number of nitrogens with zero attached hydrogens (tertiary/aromatic N) is 3. The highest BCUT2D eigenvalue weighted by Gasteiger charge is 2.37. The predicted molar refractivity (Wildman–Crippen MR) is 138 cm³/mol. The summed E-state index contributed by atoms with van der Waals surface area (Å²) in [5, 5.41) is 10.4. The summed E-state index contributed by atoms with van der Waals surface area (Å²) in [6, 6.07) is 20.7.